The Balaban J connectivity index is 2.36. The highest BCUT2D eigenvalue weighted by Crippen LogP contribution is 2.30. The molecule has 110 valence electrons. The van der Waals surface area contributed by atoms with Crippen LogP contribution in [0.2, 0.25) is 0 Å². The van der Waals surface area contributed by atoms with Crippen molar-refractivity contribution in [2.75, 3.05) is 20.0 Å². The number of anilines is 1. The third-order valence-corrected chi connectivity index (χ3v) is 3.04. The second-order valence-electron chi connectivity index (χ2n) is 4.47. The zero-order valence-electron chi connectivity index (χ0n) is 12.2. The summed E-state index contributed by atoms with van der Waals surface area (Å²) in [5.41, 5.74) is 7.31. The molecule has 2 rings (SSSR count). The Kier molecular flexibility index (Phi) is 4.33. The molecule has 0 saturated heterocycles. The average molecular weight is 287 g/mol. The standard InChI is InChI=1S/C16H17NO4/c1-10-7-13(9-14(15(10)17)16(18)20-3)21-12-6-4-5-11(8-12)19-2/h4-9H,17H2,1-3H3. The van der Waals surface area contributed by atoms with Crippen LogP contribution in [0.4, 0.5) is 5.69 Å². The van der Waals surface area contributed by atoms with Gasteiger partial charge >= 0.3 is 5.97 Å². The number of rotatable bonds is 4. The summed E-state index contributed by atoms with van der Waals surface area (Å²) in [5, 5.41) is 0. The van der Waals surface area contributed by atoms with Crippen molar-refractivity contribution in [2.24, 2.45) is 0 Å². The van der Waals surface area contributed by atoms with Crippen molar-refractivity contribution in [3.63, 3.8) is 0 Å². The molecule has 0 spiro atoms. The van der Waals surface area contributed by atoms with Gasteiger partial charge in [0.1, 0.15) is 17.2 Å². The molecule has 0 aliphatic carbocycles. The van der Waals surface area contributed by atoms with E-state index in [1.54, 1.807) is 38.3 Å². The quantitative estimate of drug-likeness (QED) is 0.691. The van der Waals surface area contributed by atoms with E-state index in [0.717, 1.165) is 5.56 Å². The molecule has 0 atom stereocenters. The van der Waals surface area contributed by atoms with Crippen molar-refractivity contribution in [1.29, 1.82) is 0 Å². The number of carbonyl (C=O) groups is 1. The van der Waals surface area contributed by atoms with E-state index in [9.17, 15) is 4.79 Å². The van der Waals surface area contributed by atoms with E-state index >= 15 is 0 Å². The van der Waals surface area contributed by atoms with Gasteiger partial charge in [-0.2, -0.15) is 0 Å². The Morgan fingerprint density at radius 2 is 1.76 bits per heavy atom. The molecule has 0 aliphatic rings. The van der Waals surface area contributed by atoms with E-state index in [-0.39, 0.29) is 5.56 Å². The van der Waals surface area contributed by atoms with E-state index in [1.165, 1.54) is 7.11 Å². The van der Waals surface area contributed by atoms with Crippen LogP contribution in [0.15, 0.2) is 36.4 Å². The lowest BCUT2D eigenvalue weighted by Gasteiger charge is -2.12. The number of nitrogens with two attached hydrogens (primary N) is 1. The van der Waals surface area contributed by atoms with Crippen LogP contribution in [0.1, 0.15) is 15.9 Å². The summed E-state index contributed by atoms with van der Waals surface area (Å²) in [5.74, 6) is 1.31. The Morgan fingerprint density at radius 1 is 1.05 bits per heavy atom. The van der Waals surface area contributed by atoms with Crippen LogP contribution in [-0.2, 0) is 4.74 Å². The van der Waals surface area contributed by atoms with Gasteiger partial charge in [0.25, 0.3) is 0 Å². The molecule has 21 heavy (non-hydrogen) atoms. The van der Waals surface area contributed by atoms with Crippen molar-refractivity contribution < 1.29 is 19.0 Å². The van der Waals surface area contributed by atoms with Crippen LogP contribution in [0.5, 0.6) is 17.2 Å². The molecule has 0 fully saturated rings. The lowest BCUT2D eigenvalue weighted by Crippen LogP contribution is -2.07. The molecular weight excluding hydrogens is 270 g/mol. The number of nitrogen functional groups attached to an aromatic ring is 1. The zero-order valence-corrected chi connectivity index (χ0v) is 12.2. The predicted octanol–water partition coefficient (Wildman–Crippen LogP) is 3.16. The maximum Gasteiger partial charge on any atom is 0.340 e. The first-order valence-electron chi connectivity index (χ1n) is 6.35. The summed E-state index contributed by atoms with van der Waals surface area (Å²) >= 11 is 0. The maximum atomic E-state index is 11.7. The number of hydrogen-bond donors (Lipinski definition) is 1. The molecule has 0 radical (unpaired) electrons. The van der Waals surface area contributed by atoms with Crippen LogP contribution >= 0.6 is 0 Å². The molecule has 2 aromatic carbocycles. The second kappa shape index (κ2) is 6.17. The molecular formula is C16H17NO4. The average Bonchev–Trinajstić information content (AvgIpc) is 2.50. The van der Waals surface area contributed by atoms with Crippen LogP contribution in [0.3, 0.4) is 0 Å². The van der Waals surface area contributed by atoms with Gasteiger partial charge in [0.2, 0.25) is 0 Å². The minimum atomic E-state index is -0.494. The number of aryl methyl sites for hydroxylation is 1. The molecule has 0 unspecified atom stereocenters. The Labute approximate surface area is 123 Å². The van der Waals surface area contributed by atoms with Crippen molar-refractivity contribution in [3.8, 4) is 17.2 Å². The lowest BCUT2D eigenvalue weighted by molar-refractivity contribution is 0.0601. The molecule has 5 nitrogen and oxygen atoms in total. The number of methoxy groups -OCH3 is 2. The third-order valence-electron chi connectivity index (χ3n) is 3.04. The molecule has 0 saturated carbocycles. The van der Waals surface area contributed by atoms with Gasteiger partial charge in [0.15, 0.2) is 0 Å². The van der Waals surface area contributed by atoms with Gasteiger partial charge in [-0.1, -0.05) is 6.07 Å². The Hall–Kier alpha value is -2.69. The first-order chi connectivity index (χ1) is 10.0. The van der Waals surface area contributed by atoms with E-state index in [4.69, 9.17) is 19.9 Å². The first-order valence-corrected chi connectivity index (χ1v) is 6.35. The Bertz CT molecular complexity index is 667. The highest BCUT2D eigenvalue weighted by atomic mass is 16.5. The van der Waals surface area contributed by atoms with E-state index in [1.807, 2.05) is 12.1 Å². The van der Waals surface area contributed by atoms with E-state index in [2.05, 4.69) is 0 Å². The van der Waals surface area contributed by atoms with Gasteiger partial charge in [-0.25, -0.2) is 4.79 Å². The van der Waals surface area contributed by atoms with Crippen molar-refractivity contribution in [1.82, 2.24) is 0 Å². The van der Waals surface area contributed by atoms with Gasteiger partial charge in [-0.3, -0.25) is 0 Å². The number of hydrogen-bond acceptors (Lipinski definition) is 5. The fraction of sp³-hybridized carbons (Fsp3) is 0.188. The maximum absolute atomic E-state index is 11.7. The summed E-state index contributed by atoms with van der Waals surface area (Å²) in [7, 11) is 2.90. The third kappa shape index (κ3) is 3.25. The summed E-state index contributed by atoms with van der Waals surface area (Å²) in [4.78, 5) is 11.7. The second-order valence-corrected chi connectivity index (χ2v) is 4.47. The van der Waals surface area contributed by atoms with Gasteiger partial charge in [-0.15, -0.1) is 0 Å². The normalized spacial score (nSPS) is 10.0. The summed E-state index contributed by atoms with van der Waals surface area (Å²) in [6.45, 7) is 1.81. The minimum Gasteiger partial charge on any atom is -0.497 e. The van der Waals surface area contributed by atoms with Gasteiger partial charge in [0, 0.05) is 11.8 Å². The largest absolute Gasteiger partial charge is 0.497 e. The molecule has 0 bridgehead atoms. The molecule has 0 amide bonds. The van der Waals surface area contributed by atoms with E-state index in [0.29, 0.717) is 22.9 Å². The van der Waals surface area contributed by atoms with Gasteiger partial charge in [0.05, 0.1) is 19.8 Å². The first kappa shape index (κ1) is 14.7. The number of carbonyl (C=O) groups excluding carboxylic acids is 1. The van der Waals surface area contributed by atoms with Crippen LogP contribution in [0.25, 0.3) is 0 Å². The number of benzene rings is 2. The summed E-state index contributed by atoms with van der Waals surface area (Å²) in [6.07, 6.45) is 0. The van der Waals surface area contributed by atoms with Gasteiger partial charge in [-0.05, 0) is 36.8 Å². The molecule has 2 aromatic rings. The van der Waals surface area contributed by atoms with Crippen LogP contribution < -0.4 is 15.2 Å². The minimum absolute atomic E-state index is 0.287. The zero-order chi connectivity index (χ0) is 15.4. The Morgan fingerprint density at radius 3 is 2.43 bits per heavy atom. The highest BCUT2D eigenvalue weighted by Gasteiger charge is 2.14. The SMILES string of the molecule is COC(=O)c1cc(Oc2cccc(OC)c2)cc(C)c1N. The van der Waals surface area contributed by atoms with Crippen molar-refractivity contribution in [2.45, 2.75) is 6.92 Å². The topological polar surface area (TPSA) is 70.8 Å². The summed E-state index contributed by atoms with van der Waals surface area (Å²) in [6, 6.07) is 10.5. The molecule has 2 N–H and O–H groups in total. The molecule has 0 aromatic heterocycles. The molecule has 0 aliphatic heterocycles. The predicted molar refractivity (Wildman–Crippen MR) is 80.0 cm³/mol. The molecule has 5 heteroatoms. The smallest absolute Gasteiger partial charge is 0.340 e. The van der Waals surface area contributed by atoms with Gasteiger partial charge < -0.3 is 19.9 Å². The van der Waals surface area contributed by atoms with Crippen molar-refractivity contribution >= 4 is 11.7 Å². The molecule has 0 heterocycles. The number of esters is 1. The fourth-order valence-corrected chi connectivity index (χ4v) is 1.90. The van der Waals surface area contributed by atoms with E-state index < -0.39 is 5.97 Å². The lowest BCUT2D eigenvalue weighted by atomic mass is 10.1. The number of ether oxygens (including phenoxy) is 3. The van der Waals surface area contributed by atoms with Crippen LogP contribution in [-0.4, -0.2) is 20.2 Å². The summed E-state index contributed by atoms with van der Waals surface area (Å²) < 4.78 is 15.6. The van der Waals surface area contributed by atoms with Crippen molar-refractivity contribution in [3.05, 3.63) is 47.5 Å². The van der Waals surface area contributed by atoms with Crippen LogP contribution in [0, 0.1) is 6.92 Å². The fourth-order valence-electron chi connectivity index (χ4n) is 1.90. The highest BCUT2D eigenvalue weighted by molar-refractivity contribution is 5.96. The monoisotopic (exact) mass is 287 g/mol.